The standard InChI is InChI=1S/C10H13NO3/c1-11-9(12)7-5-2-3-6(4-5)8(7)10(13)14/h2-3,5-8H,4H2,1H3,(H,11,12)(H,13,14). The Kier molecular flexibility index (Phi) is 2.06. The molecule has 0 spiro atoms. The predicted octanol–water partition coefficient (Wildman–Crippen LogP) is 0.255. The number of fused-ring (bicyclic) bond motifs is 2. The zero-order chi connectivity index (χ0) is 10.3. The van der Waals surface area contributed by atoms with E-state index >= 15 is 0 Å². The van der Waals surface area contributed by atoms with Crippen LogP contribution in [0.3, 0.4) is 0 Å². The van der Waals surface area contributed by atoms with Crippen LogP contribution in [0, 0.1) is 23.7 Å². The number of carboxylic acids is 1. The van der Waals surface area contributed by atoms with Crippen LogP contribution in [0.1, 0.15) is 6.42 Å². The molecule has 1 saturated carbocycles. The van der Waals surface area contributed by atoms with Gasteiger partial charge in [-0.2, -0.15) is 0 Å². The Morgan fingerprint density at radius 1 is 1.29 bits per heavy atom. The van der Waals surface area contributed by atoms with E-state index in [9.17, 15) is 9.59 Å². The Bertz CT molecular complexity index is 310. The Morgan fingerprint density at radius 2 is 1.86 bits per heavy atom. The summed E-state index contributed by atoms with van der Waals surface area (Å²) in [5.74, 6) is -1.71. The summed E-state index contributed by atoms with van der Waals surface area (Å²) in [7, 11) is 1.55. The molecule has 0 aromatic carbocycles. The summed E-state index contributed by atoms with van der Waals surface area (Å²) >= 11 is 0. The number of carbonyl (C=O) groups is 2. The number of aliphatic carboxylic acids is 1. The van der Waals surface area contributed by atoms with Gasteiger partial charge in [0.15, 0.2) is 0 Å². The van der Waals surface area contributed by atoms with Gasteiger partial charge in [0.1, 0.15) is 0 Å². The highest BCUT2D eigenvalue weighted by Gasteiger charge is 2.51. The maximum Gasteiger partial charge on any atom is 0.307 e. The summed E-state index contributed by atoms with van der Waals surface area (Å²) in [5, 5.41) is 11.6. The van der Waals surface area contributed by atoms with Gasteiger partial charge in [-0.1, -0.05) is 12.2 Å². The van der Waals surface area contributed by atoms with E-state index in [4.69, 9.17) is 5.11 Å². The predicted molar refractivity (Wildman–Crippen MR) is 49.4 cm³/mol. The minimum absolute atomic E-state index is 0.0554. The lowest BCUT2D eigenvalue weighted by molar-refractivity contribution is -0.147. The summed E-state index contributed by atoms with van der Waals surface area (Å²) in [5.41, 5.74) is 0. The number of amides is 1. The minimum atomic E-state index is -0.851. The van der Waals surface area contributed by atoms with Crippen molar-refractivity contribution in [1.29, 1.82) is 0 Å². The number of hydrogen-bond acceptors (Lipinski definition) is 2. The van der Waals surface area contributed by atoms with E-state index in [0.29, 0.717) is 0 Å². The number of nitrogens with one attached hydrogen (secondary N) is 1. The molecule has 2 N–H and O–H groups in total. The molecule has 0 saturated heterocycles. The largest absolute Gasteiger partial charge is 0.481 e. The minimum Gasteiger partial charge on any atom is -0.481 e. The molecule has 14 heavy (non-hydrogen) atoms. The first-order chi connectivity index (χ1) is 6.65. The highest BCUT2D eigenvalue weighted by molar-refractivity contribution is 5.86. The number of hydrogen-bond donors (Lipinski definition) is 2. The van der Waals surface area contributed by atoms with Crippen molar-refractivity contribution in [2.45, 2.75) is 6.42 Å². The maximum atomic E-state index is 11.5. The van der Waals surface area contributed by atoms with Crippen LogP contribution in [0.4, 0.5) is 0 Å². The summed E-state index contributed by atoms with van der Waals surface area (Å²) in [6.45, 7) is 0. The van der Waals surface area contributed by atoms with Gasteiger partial charge in [0.05, 0.1) is 11.8 Å². The number of carbonyl (C=O) groups excluding carboxylic acids is 1. The van der Waals surface area contributed by atoms with Gasteiger partial charge in [-0.05, 0) is 18.3 Å². The maximum absolute atomic E-state index is 11.5. The van der Waals surface area contributed by atoms with E-state index in [1.807, 2.05) is 12.2 Å². The van der Waals surface area contributed by atoms with Gasteiger partial charge in [0.2, 0.25) is 5.91 Å². The fourth-order valence-electron chi connectivity index (χ4n) is 2.68. The molecule has 0 aliphatic heterocycles. The van der Waals surface area contributed by atoms with Crippen LogP contribution in [0.25, 0.3) is 0 Å². The van der Waals surface area contributed by atoms with Crippen LogP contribution in [-0.4, -0.2) is 24.0 Å². The van der Waals surface area contributed by atoms with Crippen molar-refractivity contribution in [1.82, 2.24) is 5.32 Å². The highest BCUT2D eigenvalue weighted by Crippen LogP contribution is 2.48. The van der Waals surface area contributed by atoms with Crippen molar-refractivity contribution >= 4 is 11.9 Å². The molecular formula is C10H13NO3. The first-order valence-electron chi connectivity index (χ1n) is 4.78. The van der Waals surface area contributed by atoms with Crippen molar-refractivity contribution in [2.24, 2.45) is 23.7 Å². The average Bonchev–Trinajstić information content (AvgIpc) is 2.74. The fraction of sp³-hybridized carbons (Fsp3) is 0.600. The van der Waals surface area contributed by atoms with Crippen LogP contribution in [0.2, 0.25) is 0 Å². The molecule has 2 rings (SSSR count). The topological polar surface area (TPSA) is 66.4 Å². The lowest BCUT2D eigenvalue weighted by Crippen LogP contribution is -2.38. The van der Waals surface area contributed by atoms with Crippen LogP contribution >= 0.6 is 0 Å². The summed E-state index contributed by atoms with van der Waals surface area (Å²) < 4.78 is 0. The van der Waals surface area contributed by atoms with Gasteiger partial charge in [-0.25, -0.2) is 0 Å². The third kappa shape index (κ3) is 1.14. The quantitative estimate of drug-likeness (QED) is 0.621. The van der Waals surface area contributed by atoms with Crippen molar-refractivity contribution in [3.05, 3.63) is 12.2 Å². The van der Waals surface area contributed by atoms with Crippen LogP contribution in [0.5, 0.6) is 0 Å². The van der Waals surface area contributed by atoms with Crippen molar-refractivity contribution in [3.63, 3.8) is 0 Å². The molecule has 4 unspecified atom stereocenters. The van der Waals surface area contributed by atoms with Crippen LogP contribution in [0.15, 0.2) is 12.2 Å². The molecule has 1 amide bonds. The number of rotatable bonds is 2. The third-order valence-electron chi connectivity index (χ3n) is 3.29. The van der Waals surface area contributed by atoms with E-state index in [0.717, 1.165) is 6.42 Å². The normalized spacial score (nSPS) is 38.6. The molecule has 2 aliphatic carbocycles. The SMILES string of the molecule is CNC(=O)C1C2C=CC(C2)C1C(=O)O. The lowest BCUT2D eigenvalue weighted by atomic mass is 9.82. The molecule has 2 bridgehead atoms. The zero-order valence-corrected chi connectivity index (χ0v) is 7.93. The molecule has 76 valence electrons. The molecular weight excluding hydrogens is 182 g/mol. The van der Waals surface area contributed by atoms with Crippen molar-refractivity contribution in [2.75, 3.05) is 7.05 Å². The Labute approximate surface area is 82.0 Å². The second-order valence-electron chi connectivity index (χ2n) is 3.95. The monoisotopic (exact) mass is 195 g/mol. The van der Waals surface area contributed by atoms with Crippen molar-refractivity contribution in [3.8, 4) is 0 Å². The van der Waals surface area contributed by atoms with Crippen LogP contribution < -0.4 is 5.32 Å². The smallest absolute Gasteiger partial charge is 0.307 e. The molecule has 0 radical (unpaired) electrons. The molecule has 0 heterocycles. The molecule has 0 aromatic heterocycles. The van der Waals surface area contributed by atoms with Gasteiger partial charge in [-0.3, -0.25) is 9.59 Å². The van der Waals surface area contributed by atoms with Gasteiger partial charge in [0, 0.05) is 7.05 Å². The van der Waals surface area contributed by atoms with E-state index in [-0.39, 0.29) is 23.7 Å². The Hall–Kier alpha value is -1.32. The van der Waals surface area contributed by atoms with E-state index in [1.54, 1.807) is 7.05 Å². The number of carboxylic acid groups (broad SMARTS) is 1. The number of allylic oxidation sites excluding steroid dienone is 2. The highest BCUT2D eigenvalue weighted by atomic mass is 16.4. The second-order valence-corrected chi connectivity index (χ2v) is 3.95. The first kappa shape index (κ1) is 9.24. The molecule has 0 aromatic rings. The zero-order valence-electron chi connectivity index (χ0n) is 7.93. The molecule has 2 aliphatic rings. The van der Waals surface area contributed by atoms with Gasteiger partial charge >= 0.3 is 5.97 Å². The van der Waals surface area contributed by atoms with E-state index < -0.39 is 11.9 Å². The van der Waals surface area contributed by atoms with Crippen LogP contribution in [-0.2, 0) is 9.59 Å². The Balaban J connectivity index is 2.26. The molecule has 4 heteroatoms. The van der Waals surface area contributed by atoms with E-state index in [1.165, 1.54) is 0 Å². The van der Waals surface area contributed by atoms with Gasteiger partial charge < -0.3 is 10.4 Å². The van der Waals surface area contributed by atoms with Crippen molar-refractivity contribution < 1.29 is 14.7 Å². The fourth-order valence-corrected chi connectivity index (χ4v) is 2.68. The summed E-state index contributed by atoms with van der Waals surface area (Å²) in [4.78, 5) is 22.5. The van der Waals surface area contributed by atoms with E-state index in [2.05, 4.69) is 5.32 Å². The van der Waals surface area contributed by atoms with Gasteiger partial charge in [0.25, 0.3) is 0 Å². The Morgan fingerprint density at radius 3 is 2.36 bits per heavy atom. The van der Waals surface area contributed by atoms with Gasteiger partial charge in [-0.15, -0.1) is 0 Å². The average molecular weight is 195 g/mol. The summed E-state index contributed by atoms with van der Waals surface area (Å²) in [6.07, 6.45) is 4.72. The second kappa shape index (κ2) is 3.12. The molecule has 1 fully saturated rings. The molecule has 4 atom stereocenters. The first-order valence-corrected chi connectivity index (χ1v) is 4.78. The third-order valence-corrected chi connectivity index (χ3v) is 3.29. The lowest BCUT2D eigenvalue weighted by Gasteiger charge is -2.22. The molecule has 4 nitrogen and oxygen atoms in total. The summed E-state index contributed by atoms with van der Waals surface area (Å²) in [6, 6.07) is 0.